The van der Waals surface area contributed by atoms with Gasteiger partial charge in [-0.2, -0.15) is 0 Å². The molecule has 0 aliphatic carbocycles. The highest BCUT2D eigenvalue weighted by Crippen LogP contribution is 2.44. The first-order valence-corrected chi connectivity index (χ1v) is 10.1. The van der Waals surface area contributed by atoms with Crippen LogP contribution < -0.4 is 14.4 Å². The van der Waals surface area contributed by atoms with Crippen molar-refractivity contribution in [2.75, 3.05) is 11.7 Å². The highest BCUT2D eigenvalue weighted by atomic mass is 35.5. The number of ether oxygens (including phenoxy) is 2. The molecular weight excluding hydrogens is 418 g/mol. The summed E-state index contributed by atoms with van der Waals surface area (Å²) in [7, 11) is 0. The number of hydrogen-bond donors (Lipinski definition) is 1. The first-order valence-electron chi connectivity index (χ1n) is 9.77. The largest absolute Gasteiger partial charge is 0.454 e. The third kappa shape index (κ3) is 3.34. The van der Waals surface area contributed by atoms with Gasteiger partial charge in [-0.1, -0.05) is 35.9 Å². The minimum atomic E-state index is -1.94. The fourth-order valence-electron chi connectivity index (χ4n) is 4.03. The molecule has 2 heterocycles. The average Bonchev–Trinajstić information content (AvgIpc) is 3.32. The molecule has 1 unspecified atom stereocenters. The zero-order valence-corrected chi connectivity index (χ0v) is 17.1. The molecule has 1 amide bonds. The number of hydrogen-bond acceptors (Lipinski definition) is 5. The highest BCUT2D eigenvalue weighted by Gasteiger charge is 2.50. The predicted molar refractivity (Wildman–Crippen MR) is 114 cm³/mol. The van der Waals surface area contributed by atoms with E-state index in [0.717, 1.165) is 5.56 Å². The molecule has 3 aromatic carbocycles. The number of Topliss-reactive ketones (excluding diaryl/α,β-unsaturated/α-hetero) is 1. The van der Waals surface area contributed by atoms with Crippen molar-refractivity contribution in [2.45, 2.75) is 18.6 Å². The lowest BCUT2D eigenvalue weighted by atomic mass is 9.88. The number of rotatable bonds is 5. The number of aliphatic hydroxyl groups is 1. The maximum atomic E-state index is 13.4. The molecule has 31 heavy (non-hydrogen) atoms. The van der Waals surface area contributed by atoms with Gasteiger partial charge in [0, 0.05) is 16.1 Å². The van der Waals surface area contributed by atoms with Crippen LogP contribution in [-0.2, 0) is 16.9 Å². The molecule has 0 saturated carbocycles. The van der Waals surface area contributed by atoms with E-state index in [4.69, 9.17) is 21.1 Å². The highest BCUT2D eigenvalue weighted by molar-refractivity contribution is 6.30. The molecule has 6 nitrogen and oxygen atoms in total. The maximum absolute atomic E-state index is 13.4. The Labute approximate surface area is 183 Å². The van der Waals surface area contributed by atoms with Gasteiger partial charge in [-0.05, 0) is 48.0 Å². The lowest BCUT2D eigenvalue weighted by Crippen LogP contribution is -2.41. The SMILES string of the molecule is O=C(CC1(O)C(=O)N(Cc2ccc3c(c2)OCO3)c2ccccc21)c1ccc(Cl)cc1. The van der Waals surface area contributed by atoms with Crippen molar-refractivity contribution in [2.24, 2.45) is 0 Å². The maximum Gasteiger partial charge on any atom is 0.264 e. The van der Waals surface area contributed by atoms with Crippen LogP contribution in [0.2, 0.25) is 5.02 Å². The molecule has 0 saturated heterocycles. The summed E-state index contributed by atoms with van der Waals surface area (Å²) in [4.78, 5) is 27.8. The van der Waals surface area contributed by atoms with Gasteiger partial charge in [0.2, 0.25) is 6.79 Å². The van der Waals surface area contributed by atoms with Gasteiger partial charge in [0.05, 0.1) is 18.7 Å². The van der Waals surface area contributed by atoms with Gasteiger partial charge in [-0.3, -0.25) is 9.59 Å². The van der Waals surface area contributed by atoms with E-state index in [1.165, 1.54) is 4.90 Å². The molecule has 1 atom stereocenters. The van der Waals surface area contributed by atoms with Crippen LogP contribution in [0, 0.1) is 0 Å². The van der Waals surface area contributed by atoms with E-state index >= 15 is 0 Å². The summed E-state index contributed by atoms with van der Waals surface area (Å²) in [5.41, 5.74) is 0.265. The van der Waals surface area contributed by atoms with Crippen LogP contribution >= 0.6 is 11.6 Å². The number of anilines is 1. The molecule has 0 bridgehead atoms. The van der Waals surface area contributed by atoms with Crippen LogP contribution in [0.5, 0.6) is 11.5 Å². The average molecular weight is 436 g/mol. The van der Waals surface area contributed by atoms with Crippen molar-refractivity contribution in [3.8, 4) is 11.5 Å². The van der Waals surface area contributed by atoms with Crippen LogP contribution in [0.3, 0.4) is 0 Å². The van der Waals surface area contributed by atoms with Gasteiger partial charge in [-0.15, -0.1) is 0 Å². The summed E-state index contributed by atoms with van der Waals surface area (Å²) < 4.78 is 10.8. The molecule has 156 valence electrons. The molecule has 0 aromatic heterocycles. The number of amides is 1. The van der Waals surface area contributed by atoms with E-state index in [0.29, 0.717) is 33.3 Å². The molecule has 0 spiro atoms. The second kappa shape index (κ2) is 7.41. The van der Waals surface area contributed by atoms with Crippen LogP contribution in [-0.4, -0.2) is 23.6 Å². The Morgan fingerprint density at radius 1 is 1.03 bits per heavy atom. The number of carbonyl (C=O) groups excluding carboxylic acids is 2. The molecule has 0 fully saturated rings. The van der Waals surface area contributed by atoms with Crippen molar-refractivity contribution < 1.29 is 24.2 Å². The molecule has 0 radical (unpaired) electrons. The second-order valence-electron chi connectivity index (χ2n) is 7.56. The number of halogens is 1. The molecule has 2 aliphatic heterocycles. The van der Waals surface area contributed by atoms with Crippen LogP contribution in [0.15, 0.2) is 66.7 Å². The predicted octanol–water partition coefficient (Wildman–Crippen LogP) is 4.08. The summed E-state index contributed by atoms with van der Waals surface area (Å²) in [6.07, 6.45) is -0.359. The van der Waals surface area contributed by atoms with E-state index in [-0.39, 0.29) is 25.5 Å². The lowest BCUT2D eigenvalue weighted by molar-refractivity contribution is -0.136. The number of ketones is 1. The summed E-state index contributed by atoms with van der Waals surface area (Å²) in [5, 5.41) is 11.9. The zero-order valence-electron chi connectivity index (χ0n) is 16.4. The van der Waals surface area contributed by atoms with Gasteiger partial charge in [0.1, 0.15) is 0 Å². The Bertz CT molecular complexity index is 1190. The van der Waals surface area contributed by atoms with Crippen molar-refractivity contribution in [1.82, 2.24) is 0 Å². The first kappa shape index (κ1) is 19.6. The molecule has 7 heteroatoms. The smallest absolute Gasteiger partial charge is 0.264 e. The molecule has 1 N–H and O–H groups in total. The van der Waals surface area contributed by atoms with Crippen molar-refractivity contribution in [3.63, 3.8) is 0 Å². The van der Waals surface area contributed by atoms with Crippen molar-refractivity contribution in [1.29, 1.82) is 0 Å². The van der Waals surface area contributed by atoms with E-state index < -0.39 is 11.5 Å². The normalized spacial score (nSPS) is 18.9. The Balaban J connectivity index is 1.46. The Hall–Kier alpha value is -3.35. The van der Waals surface area contributed by atoms with Crippen molar-refractivity contribution in [3.05, 3.63) is 88.4 Å². The lowest BCUT2D eigenvalue weighted by Gasteiger charge is -2.23. The fourth-order valence-corrected chi connectivity index (χ4v) is 4.15. The minimum Gasteiger partial charge on any atom is -0.454 e. The summed E-state index contributed by atoms with van der Waals surface area (Å²) in [6, 6.07) is 18.8. The third-order valence-corrected chi connectivity index (χ3v) is 5.85. The van der Waals surface area contributed by atoms with Crippen LogP contribution in [0.4, 0.5) is 5.69 Å². The third-order valence-electron chi connectivity index (χ3n) is 5.60. The van der Waals surface area contributed by atoms with E-state index in [1.54, 1.807) is 54.6 Å². The number of fused-ring (bicyclic) bond motifs is 2. The monoisotopic (exact) mass is 435 g/mol. The Morgan fingerprint density at radius 2 is 1.77 bits per heavy atom. The number of nitrogens with zero attached hydrogens (tertiary/aromatic N) is 1. The molecule has 2 aliphatic rings. The van der Waals surface area contributed by atoms with E-state index in [9.17, 15) is 14.7 Å². The van der Waals surface area contributed by atoms with E-state index in [1.807, 2.05) is 12.1 Å². The molecule has 5 rings (SSSR count). The Morgan fingerprint density at radius 3 is 2.58 bits per heavy atom. The summed E-state index contributed by atoms with van der Waals surface area (Å²) in [6.45, 7) is 0.390. The van der Waals surface area contributed by atoms with Crippen molar-refractivity contribution >= 4 is 29.0 Å². The van der Waals surface area contributed by atoms with Crippen LogP contribution in [0.25, 0.3) is 0 Å². The Kier molecular flexibility index (Phi) is 4.68. The second-order valence-corrected chi connectivity index (χ2v) is 8.00. The van der Waals surface area contributed by atoms with Gasteiger partial charge >= 0.3 is 0 Å². The van der Waals surface area contributed by atoms with Gasteiger partial charge < -0.3 is 19.5 Å². The zero-order chi connectivity index (χ0) is 21.6. The summed E-state index contributed by atoms with van der Waals surface area (Å²) >= 11 is 5.90. The standard InChI is InChI=1S/C24H18ClNO5/c25-17-8-6-16(7-9-17)20(27)12-24(29)18-3-1-2-4-19(18)26(23(24)28)13-15-5-10-21-22(11-15)31-14-30-21/h1-11,29H,12-14H2. The molecule has 3 aromatic rings. The van der Waals surface area contributed by atoms with Gasteiger partial charge in [0.15, 0.2) is 22.9 Å². The van der Waals surface area contributed by atoms with Gasteiger partial charge in [-0.25, -0.2) is 0 Å². The number of benzene rings is 3. The minimum absolute atomic E-state index is 0.164. The van der Waals surface area contributed by atoms with E-state index in [2.05, 4.69) is 0 Å². The quantitative estimate of drug-likeness (QED) is 0.611. The molecular formula is C24H18ClNO5. The van der Waals surface area contributed by atoms with Gasteiger partial charge in [0.25, 0.3) is 5.91 Å². The topological polar surface area (TPSA) is 76.1 Å². The first-order chi connectivity index (χ1) is 15.0. The summed E-state index contributed by atoms with van der Waals surface area (Å²) in [5.74, 6) is 0.397. The number of carbonyl (C=O) groups is 2. The fraction of sp³-hybridized carbons (Fsp3) is 0.167. The number of para-hydroxylation sites is 1. The van der Waals surface area contributed by atoms with Crippen LogP contribution in [0.1, 0.15) is 27.9 Å².